The number of amides is 1. The number of esters is 1. The summed E-state index contributed by atoms with van der Waals surface area (Å²) in [6.45, 7) is -0.432. The largest absolute Gasteiger partial charge is 0.496 e. The first-order valence-corrected chi connectivity index (χ1v) is 11.6. The number of ether oxygens (including phenoxy) is 2. The van der Waals surface area contributed by atoms with Crippen LogP contribution in [0.3, 0.4) is 0 Å². The molecule has 174 valence electrons. The van der Waals surface area contributed by atoms with Crippen molar-refractivity contribution in [2.75, 3.05) is 19.0 Å². The lowest BCUT2D eigenvalue weighted by Gasteiger charge is -2.06. The Morgan fingerprint density at radius 1 is 1.00 bits per heavy atom. The zero-order valence-electron chi connectivity index (χ0n) is 18.6. The number of thiazole rings is 1. The molecule has 0 saturated carbocycles. The second kappa shape index (κ2) is 9.78. The number of para-hydroxylation sites is 1. The smallest absolute Gasteiger partial charge is 0.338 e. The minimum Gasteiger partial charge on any atom is -0.496 e. The van der Waals surface area contributed by atoms with Gasteiger partial charge in [-0.1, -0.05) is 42.5 Å². The Labute approximate surface area is 204 Å². The maximum absolute atomic E-state index is 12.5. The zero-order valence-corrected chi connectivity index (χ0v) is 19.5. The Morgan fingerprint density at radius 2 is 1.80 bits per heavy atom. The number of hydrogen-bond donors (Lipinski definition) is 2. The van der Waals surface area contributed by atoms with E-state index in [1.165, 1.54) is 11.3 Å². The van der Waals surface area contributed by atoms with Gasteiger partial charge in [-0.2, -0.15) is 0 Å². The molecule has 0 aliphatic rings. The average molecular weight is 485 g/mol. The molecule has 2 N–H and O–H groups in total. The highest BCUT2D eigenvalue weighted by atomic mass is 32.1. The highest BCUT2D eigenvalue weighted by Crippen LogP contribution is 2.31. The molecule has 0 unspecified atom stereocenters. The van der Waals surface area contributed by atoms with E-state index >= 15 is 0 Å². The SMILES string of the molecule is COc1ccccc1-c1csc(NC(=O)COC(=O)c2ccc3nc(-c4ccccc4)[nH]c3c2)n1. The molecule has 0 bridgehead atoms. The number of benzene rings is 3. The van der Waals surface area contributed by atoms with Gasteiger partial charge in [-0.3, -0.25) is 10.1 Å². The predicted octanol–water partition coefficient (Wildman–Crippen LogP) is 5.16. The van der Waals surface area contributed by atoms with E-state index in [0.29, 0.717) is 33.5 Å². The van der Waals surface area contributed by atoms with E-state index < -0.39 is 18.5 Å². The molecule has 1 amide bonds. The normalized spacial score (nSPS) is 10.8. The summed E-state index contributed by atoms with van der Waals surface area (Å²) in [7, 11) is 1.59. The molecule has 5 rings (SSSR count). The zero-order chi connectivity index (χ0) is 24.2. The summed E-state index contributed by atoms with van der Waals surface area (Å²) >= 11 is 1.27. The number of hydrogen-bond acceptors (Lipinski definition) is 7. The maximum Gasteiger partial charge on any atom is 0.338 e. The Kier molecular flexibility index (Phi) is 6.23. The second-order valence-electron chi connectivity index (χ2n) is 7.55. The minimum absolute atomic E-state index is 0.321. The van der Waals surface area contributed by atoms with Crippen LogP contribution in [-0.2, 0) is 9.53 Å². The van der Waals surface area contributed by atoms with E-state index in [9.17, 15) is 9.59 Å². The van der Waals surface area contributed by atoms with E-state index in [1.807, 2.05) is 60.0 Å². The fourth-order valence-electron chi connectivity index (χ4n) is 3.55. The number of rotatable bonds is 7. The van der Waals surface area contributed by atoms with Crippen LogP contribution in [0, 0.1) is 0 Å². The number of carbonyl (C=O) groups is 2. The minimum atomic E-state index is -0.605. The molecular weight excluding hydrogens is 464 g/mol. The summed E-state index contributed by atoms with van der Waals surface area (Å²) in [4.78, 5) is 37.0. The fourth-order valence-corrected chi connectivity index (χ4v) is 4.28. The number of fused-ring (bicyclic) bond motifs is 1. The molecule has 35 heavy (non-hydrogen) atoms. The summed E-state index contributed by atoms with van der Waals surface area (Å²) in [6, 6.07) is 22.2. The standard InChI is InChI=1S/C26H20N4O4S/c1-33-22-10-6-5-9-18(22)21-15-35-26(29-21)30-23(31)14-34-25(32)17-11-12-19-20(13-17)28-24(27-19)16-7-3-2-4-8-16/h2-13,15H,14H2,1H3,(H,27,28)(H,29,30,31). The van der Waals surface area contributed by atoms with Crippen molar-refractivity contribution in [3.8, 4) is 28.4 Å². The van der Waals surface area contributed by atoms with Gasteiger partial charge in [0, 0.05) is 16.5 Å². The number of carbonyl (C=O) groups excluding carboxylic acids is 2. The van der Waals surface area contributed by atoms with Gasteiger partial charge in [0.05, 0.1) is 29.4 Å². The van der Waals surface area contributed by atoms with Crippen LogP contribution < -0.4 is 10.1 Å². The van der Waals surface area contributed by atoms with Crippen LogP contribution in [0.2, 0.25) is 0 Å². The summed E-state index contributed by atoms with van der Waals surface area (Å²) < 4.78 is 10.6. The molecular formula is C26H20N4O4S. The topological polar surface area (TPSA) is 106 Å². The number of anilines is 1. The molecule has 0 radical (unpaired) electrons. The van der Waals surface area contributed by atoms with Crippen molar-refractivity contribution < 1.29 is 19.1 Å². The van der Waals surface area contributed by atoms with Gasteiger partial charge in [-0.05, 0) is 30.3 Å². The molecule has 5 aromatic rings. The summed E-state index contributed by atoms with van der Waals surface area (Å²) in [5.74, 6) is 0.316. The average Bonchev–Trinajstić information content (AvgIpc) is 3.54. The van der Waals surface area contributed by atoms with E-state index in [-0.39, 0.29) is 0 Å². The summed E-state index contributed by atoms with van der Waals surface area (Å²) in [5, 5.41) is 4.89. The molecule has 0 aliphatic heterocycles. The van der Waals surface area contributed by atoms with Crippen molar-refractivity contribution >= 4 is 39.4 Å². The highest BCUT2D eigenvalue weighted by molar-refractivity contribution is 7.14. The third-order valence-electron chi connectivity index (χ3n) is 5.23. The third kappa shape index (κ3) is 4.90. The van der Waals surface area contributed by atoms with Crippen molar-refractivity contribution in [1.29, 1.82) is 0 Å². The van der Waals surface area contributed by atoms with Gasteiger partial charge in [-0.25, -0.2) is 14.8 Å². The van der Waals surface area contributed by atoms with Crippen LogP contribution >= 0.6 is 11.3 Å². The monoisotopic (exact) mass is 484 g/mol. The Morgan fingerprint density at radius 3 is 2.63 bits per heavy atom. The van der Waals surface area contributed by atoms with Gasteiger partial charge < -0.3 is 14.5 Å². The highest BCUT2D eigenvalue weighted by Gasteiger charge is 2.15. The number of imidazole rings is 1. The predicted molar refractivity (Wildman–Crippen MR) is 135 cm³/mol. The van der Waals surface area contributed by atoms with Crippen LogP contribution in [0.5, 0.6) is 5.75 Å². The maximum atomic E-state index is 12.5. The number of nitrogens with one attached hydrogen (secondary N) is 2. The van der Waals surface area contributed by atoms with Gasteiger partial charge in [0.15, 0.2) is 11.7 Å². The van der Waals surface area contributed by atoms with Gasteiger partial charge in [0.1, 0.15) is 11.6 Å². The van der Waals surface area contributed by atoms with Crippen LogP contribution in [0.4, 0.5) is 5.13 Å². The van der Waals surface area contributed by atoms with Crippen molar-refractivity contribution in [1.82, 2.24) is 15.0 Å². The molecule has 2 aromatic heterocycles. The Balaban J connectivity index is 1.21. The van der Waals surface area contributed by atoms with E-state index in [4.69, 9.17) is 9.47 Å². The van der Waals surface area contributed by atoms with E-state index in [0.717, 1.165) is 16.6 Å². The first-order valence-electron chi connectivity index (χ1n) is 10.7. The Bertz CT molecular complexity index is 1510. The molecule has 0 atom stereocenters. The Hall–Kier alpha value is -4.50. The number of methoxy groups -OCH3 is 1. The summed E-state index contributed by atoms with van der Waals surface area (Å²) in [6.07, 6.45) is 0. The van der Waals surface area contributed by atoms with Gasteiger partial charge in [0.25, 0.3) is 5.91 Å². The van der Waals surface area contributed by atoms with Crippen LogP contribution in [-0.4, -0.2) is 40.5 Å². The fraction of sp³-hybridized carbons (Fsp3) is 0.0769. The van der Waals surface area contributed by atoms with Crippen molar-refractivity contribution in [2.45, 2.75) is 0 Å². The van der Waals surface area contributed by atoms with E-state index in [2.05, 4.69) is 20.3 Å². The lowest BCUT2D eigenvalue weighted by molar-refractivity contribution is -0.119. The molecule has 0 saturated heterocycles. The summed E-state index contributed by atoms with van der Waals surface area (Å²) in [5.41, 5.74) is 4.20. The number of H-pyrrole nitrogens is 1. The quantitative estimate of drug-likeness (QED) is 0.309. The van der Waals surface area contributed by atoms with Crippen LogP contribution in [0.25, 0.3) is 33.7 Å². The first kappa shape index (κ1) is 22.3. The number of aromatic amines is 1. The van der Waals surface area contributed by atoms with Crippen molar-refractivity contribution in [3.63, 3.8) is 0 Å². The first-order chi connectivity index (χ1) is 17.1. The molecule has 9 heteroatoms. The number of aromatic nitrogens is 3. The van der Waals surface area contributed by atoms with Gasteiger partial charge >= 0.3 is 5.97 Å². The molecule has 0 fully saturated rings. The van der Waals surface area contributed by atoms with Gasteiger partial charge in [0.2, 0.25) is 0 Å². The van der Waals surface area contributed by atoms with Crippen molar-refractivity contribution in [3.05, 3.63) is 83.7 Å². The molecule has 0 spiro atoms. The van der Waals surface area contributed by atoms with Crippen LogP contribution in [0.15, 0.2) is 78.2 Å². The van der Waals surface area contributed by atoms with E-state index in [1.54, 1.807) is 25.3 Å². The van der Waals surface area contributed by atoms with Crippen LogP contribution in [0.1, 0.15) is 10.4 Å². The van der Waals surface area contributed by atoms with Crippen molar-refractivity contribution in [2.24, 2.45) is 0 Å². The van der Waals surface area contributed by atoms with Gasteiger partial charge in [-0.15, -0.1) is 11.3 Å². The molecule has 8 nitrogen and oxygen atoms in total. The lowest BCUT2D eigenvalue weighted by atomic mass is 10.1. The lowest BCUT2D eigenvalue weighted by Crippen LogP contribution is -2.20. The second-order valence-corrected chi connectivity index (χ2v) is 8.40. The third-order valence-corrected chi connectivity index (χ3v) is 5.99. The number of nitrogens with zero attached hydrogens (tertiary/aromatic N) is 2. The molecule has 0 aliphatic carbocycles. The molecule has 3 aromatic carbocycles. The molecule has 2 heterocycles.